The fraction of sp³-hybridized carbons (Fsp3) is 0.240. The standard InChI is InChI=1S/C25H24ClN3O3S/c1-15(30)16-11-12-27-22(13-16)20-7-4-5-17-14-23(28-24(17)20)25(19-6-2-3-8-21(19)26)29-33(31,32)18-9-10-18/h2-8,11-15,18,25,28-30H,9-10H2,1H3. The first kappa shape index (κ1) is 22.1. The third-order valence-corrected chi connectivity index (χ3v) is 8.25. The second kappa shape index (κ2) is 8.57. The van der Waals surface area contributed by atoms with Gasteiger partial charge in [-0.2, -0.15) is 0 Å². The first-order chi connectivity index (χ1) is 15.8. The quantitative estimate of drug-likeness (QED) is 0.342. The predicted molar refractivity (Wildman–Crippen MR) is 131 cm³/mol. The van der Waals surface area contributed by atoms with Crippen molar-refractivity contribution in [2.75, 3.05) is 0 Å². The Balaban J connectivity index is 1.63. The largest absolute Gasteiger partial charge is 0.389 e. The highest BCUT2D eigenvalue weighted by Crippen LogP contribution is 2.36. The van der Waals surface area contributed by atoms with Gasteiger partial charge >= 0.3 is 0 Å². The number of rotatable bonds is 7. The third-order valence-electron chi connectivity index (χ3n) is 5.99. The Morgan fingerprint density at radius 3 is 2.64 bits per heavy atom. The predicted octanol–water partition coefficient (Wildman–Crippen LogP) is 5.11. The summed E-state index contributed by atoms with van der Waals surface area (Å²) < 4.78 is 28.6. The summed E-state index contributed by atoms with van der Waals surface area (Å²) in [4.78, 5) is 7.93. The van der Waals surface area contributed by atoms with Gasteiger partial charge in [-0.3, -0.25) is 4.98 Å². The summed E-state index contributed by atoms with van der Waals surface area (Å²) in [6, 6.07) is 18.1. The maximum Gasteiger partial charge on any atom is 0.215 e. The molecule has 0 saturated heterocycles. The second-order valence-electron chi connectivity index (χ2n) is 8.46. The van der Waals surface area contributed by atoms with E-state index in [4.69, 9.17) is 11.6 Å². The van der Waals surface area contributed by atoms with Gasteiger partial charge in [0.25, 0.3) is 0 Å². The highest BCUT2D eigenvalue weighted by molar-refractivity contribution is 7.90. The van der Waals surface area contributed by atoms with Crippen LogP contribution in [0.15, 0.2) is 66.9 Å². The molecule has 33 heavy (non-hydrogen) atoms. The molecule has 2 unspecified atom stereocenters. The highest BCUT2D eigenvalue weighted by atomic mass is 35.5. The molecule has 6 nitrogen and oxygen atoms in total. The molecule has 2 aromatic carbocycles. The Morgan fingerprint density at radius 2 is 1.91 bits per heavy atom. The van der Waals surface area contributed by atoms with E-state index >= 15 is 0 Å². The van der Waals surface area contributed by atoms with Crippen molar-refractivity contribution in [3.05, 3.63) is 88.7 Å². The van der Waals surface area contributed by atoms with Crippen LogP contribution >= 0.6 is 11.6 Å². The number of fused-ring (bicyclic) bond motifs is 1. The fourth-order valence-electron chi connectivity index (χ4n) is 4.04. The number of aromatic nitrogens is 2. The zero-order valence-electron chi connectivity index (χ0n) is 18.0. The molecule has 8 heteroatoms. The lowest BCUT2D eigenvalue weighted by Gasteiger charge is -2.19. The van der Waals surface area contributed by atoms with Crippen molar-refractivity contribution >= 4 is 32.5 Å². The Hall–Kier alpha value is -2.71. The molecule has 1 aliphatic carbocycles. The van der Waals surface area contributed by atoms with E-state index in [1.165, 1.54) is 0 Å². The molecule has 4 aromatic rings. The number of halogens is 1. The molecular weight excluding hydrogens is 458 g/mol. The highest BCUT2D eigenvalue weighted by Gasteiger charge is 2.38. The molecule has 1 saturated carbocycles. The zero-order chi connectivity index (χ0) is 23.2. The topological polar surface area (TPSA) is 95.1 Å². The van der Waals surface area contributed by atoms with Crippen LogP contribution in [0, 0.1) is 0 Å². The normalized spacial score (nSPS) is 16.1. The number of hydrogen-bond donors (Lipinski definition) is 3. The lowest BCUT2D eigenvalue weighted by atomic mass is 10.0. The number of para-hydroxylation sites is 1. The van der Waals surface area contributed by atoms with Gasteiger partial charge in [0.05, 0.1) is 28.6 Å². The average molecular weight is 482 g/mol. The Kier molecular flexibility index (Phi) is 5.74. The van der Waals surface area contributed by atoms with Gasteiger partial charge in [-0.1, -0.05) is 48.0 Å². The van der Waals surface area contributed by atoms with Crippen molar-refractivity contribution in [3.63, 3.8) is 0 Å². The monoisotopic (exact) mass is 481 g/mol. The van der Waals surface area contributed by atoms with E-state index in [9.17, 15) is 13.5 Å². The number of nitrogens with one attached hydrogen (secondary N) is 2. The van der Waals surface area contributed by atoms with Gasteiger partial charge in [0, 0.05) is 27.9 Å². The van der Waals surface area contributed by atoms with Gasteiger partial charge in [0.1, 0.15) is 0 Å². The molecule has 0 radical (unpaired) electrons. The number of nitrogens with zero attached hydrogens (tertiary/aromatic N) is 1. The van der Waals surface area contributed by atoms with E-state index in [1.54, 1.807) is 25.3 Å². The fourth-order valence-corrected chi connectivity index (χ4v) is 5.82. The number of sulfonamides is 1. The minimum absolute atomic E-state index is 0.352. The van der Waals surface area contributed by atoms with Crippen molar-refractivity contribution in [3.8, 4) is 11.3 Å². The zero-order valence-corrected chi connectivity index (χ0v) is 19.6. The van der Waals surface area contributed by atoms with Crippen molar-refractivity contribution in [1.82, 2.24) is 14.7 Å². The molecule has 0 aliphatic heterocycles. The van der Waals surface area contributed by atoms with Crippen LogP contribution in [0.4, 0.5) is 0 Å². The Morgan fingerprint density at radius 1 is 1.12 bits per heavy atom. The molecule has 2 aromatic heterocycles. The lowest BCUT2D eigenvalue weighted by Crippen LogP contribution is -2.32. The minimum atomic E-state index is -3.48. The first-order valence-corrected chi connectivity index (χ1v) is 12.8. The summed E-state index contributed by atoms with van der Waals surface area (Å²) in [5.74, 6) is 0. The van der Waals surface area contributed by atoms with Gasteiger partial charge in [-0.15, -0.1) is 0 Å². The van der Waals surface area contributed by atoms with Crippen LogP contribution in [0.3, 0.4) is 0 Å². The molecule has 1 aliphatic rings. The van der Waals surface area contributed by atoms with Crippen LogP contribution in [0.5, 0.6) is 0 Å². The van der Waals surface area contributed by atoms with Gasteiger partial charge in [-0.05, 0) is 55.2 Å². The van der Waals surface area contributed by atoms with E-state index in [0.717, 1.165) is 27.7 Å². The van der Waals surface area contributed by atoms with E-state index in [-0.39, 0.29) is 5.25 Å². The van der Waals surface area contributed by atoms with Gasteiger partial charge in [0.2, 0.25) is 10.0 Å². The van der Waals surface area contributed by atoms with Gasteiger partial charge in [0.15, 0.2) is 0 Å². The van der Waals surface area contributed by atoms with E-state index in [2.05, 4.69) is 14.7 Å². The smallest absolute Gasteiger partial charge is 0.215 e. The number of H-pyrrole nitrogens is 1. The molecular formula is C25H24ClN3O3S. The molecule has 170 valence electrons. The van der Waals surface area contributed by atoms with E-state index < -0.39 is 22.2 Å². The number of benzene rings is 2. The lowest BCUT2D eigenvalue weighted by molar-refractivity contribution is 0.199. The number of hydrogen-bond acceptors (Lipinski definition) is 4. The average Bonchev–Trinajstić information content (AvgIpc) is 3.58. The van der Waals surface area contributed by atoms with Crippen LogP contribution in [-0.2, 0) is 10.0 Å². The number of aliphatic hydroxyl groups is 1. The van der Waals surface area contributed by atoms with Gasteiger partial charge < -0.3 is 10.1 Å². The summed E-state index contributed by atoms with van der Waals surface area (Å²) in [6.45, 7) is 1.71. The number of pyridine rings is 1. The SMILES string of the molecule is CC(O)c1ccnc(-c2cccc3cc(C(NS(=O)(=O)C4CC4)c4ccccc4Cl)[nH]c23)c1. The molecule has 0 amide bonds. The van der Waals surface area contributed by atoms with Gasteiger partial charge in [-0.25, -0.2) is 13.1 Å². The van der Waals surface area contributed by atoms with Crippen molar-refractivity contribution in [2.45, 2.75) is 37.2 Å². The summed E-state index contributed by atoms with van der Waals surface area (Å²) in [5, 5.41) is 11.0. The molecule has 3 N–H and O–H groups in total. The first-order valence-electron chi connectivity index (χ1n) is 10.8. The summed E-state index contributed by atoms with van der Waals surface area (Å²) in [6.07, 6.45) is 2.42. The van der Waals surface area contributed by atoms with E-state index in [0.29, 0.717) is 29.1 Å². The Labute approximate surface area is 197 Å². The molecule has 5 rings (SSSR count). The van der Waals surface area contributed by atoms with Crippen LogP contribution in [0.1, 0.15) is 48.7 Å². The summed E-state index contributed by atoms with van der Waals surface area (Å²) >= 11 is 6.48. The summed E-state index contributed by atoms with van der Waals surface area (Å²) in [5.41, 5.74) is 4.58. The molecule has 0 spiro atoms. The number of aliphatic hydroxyl groups excluding tert-OH is 1. The second-order valence-corrected chi connectivity index (χ2v) is 10.9. The molecule has 1 fully saturated rings. The van der Waals surface area contributed by atoms with Crippen LogP contribution in [0.25, 0.3) is 22.2 Å². The van der Waals surface area contributed by atoms with Crippen molar-refractivity contribution in [1.29, 1.82) is 0 Å². The van der Waals surface area contributed by atoms with Crippen molar-refractivity contribution < 1.29 is 13.5 Å². The number of aromatic amines is 1. The maximum absolute atomic E-state index is 12.9. The van der Waals surface area contributed by atoms with Crippen LogP contribution < -0.4 is 4.72 Å². The van der Waals surface area contributed by atoms with Crippen LogP contribution in [0.2, 0.25) is 5.02 Å². The Bertz CT molecular complexity index is 1430. The molecule has 2 heterocycles. The van der Waals surface area contributed by atoms with Crippen LogP contribution in [-0.4, -0.2) is 28.7 Å². The molecule has 0 bridgehead atoms. The minimum Gasteiger partial charge on any atom is -0.389 e. The molecule has 2 atom stereocenters. The third kappa shape index (κ3) is 4.42. The van der Waals surface area contributed by atoms with E-state index in [1.807, 2.05) is 48.5 Å². The summed E-state index contributed by atoms with van der Waals surface area (Å²) in [7, 11) is -3.48. The maximum atomic E-state index is 12.9. The van der Waals surface area contributed by atoms with Crippen molar-refractivity contribution in [2.24, 2.45) is 0 Å².